The molecule has 2 aromatic rings. The van der Waals surface area contributed by atoms with Gasteiger partial charge in [-0.05, 0) is 24.0 Å². The molecule has 0 fully saturated rings. The second-order valence-electron chi connectivity index (χ2n) is 10.4. The molecule has 4 atom stereocenters. The highest BCUT2D eigenvalue weighted by molar-refractivity contribution is 5.69. The molecule has 226 valence electrons. The molecule has 0 aliphatic carbocycles. The van der Waals surface area contributed by atoms with Crippen molar-refractivity contribution in [3.63, 3.8) is 0 Å². The molecule has 0 bridgehead atoms. The summed E-state index contributed by atoms with van der Waals surface area (Å²) < 4.78 is 35.5. The predicted octanol–water partition coefficient (Wildman–Crippen LogP) is 6.79. The van der Waals surface area contributed by atoms with Gasteiger partial charge in [-0.1, -0.05) is 105 Å². The van der Waals surface area contributed by atoms with Gasteiger partial charge in [0, 0.05) is 20.0 Å². The number of esters is 1. The number of rotatable bonds is 18. The normalized spacial score (nSPS) is 21.2. The summed E-state index contributed by atoms with van der Waals surface area (Å²) in [6, 6.07) is 20.2. The lowest BCUT2D eigenvalue weighted by molar-refractivity contribution is -0.170. The molecule has 7 heteroatoms. The average Bonchev–Trinajstić information content (AvgIpc) is 3.00. The van der Waals surface area contributed by atoms with Crippen LogP contribution in [0.1, 0.15) is 69.4 Å². The van der Waals surface area contributed by atoms with Crippen LogP contribution >= 0.6 is 0 Å². The predicted molar refractivity (Wildman–Crippen MR) is 159 cm³/mol. The number of carbonyl (C=O) groups excluding carboxylic acids is 1. The zero-order valence-electron chi connectivity index (χ0n) is 24.8. The van der Waals surface area contributed by atoms with Gasteiger partial charge < -0.3 is 28.4 Å². The number of hydrogen-bond donors (Lipinski definition) is 0. The van der Waals surface area contributed by atoms with Gasteiger partial charge in [0.2, 0.25) is 0 Å². The number of hydrogen-bond acceptors (Lipinski definition) is 7. The van der Waals surface area contributed by atoms with E-state index in [1.54, 1.807) is 7.11 Å². The van der Waals surface area contributed by atoms with Crippen molar-refractivity contribution in [2.75, 3.05) is 27.1 Å². The van der Waals surface area contributed by atoms with Crippen LogP contribution in [0.5, 0.6) is 0 Å². The minimum Gasteiger partial charge on any atom is -0.459 e. The fraction of sp³-hybridized carbons (Fsp3) is 0.559. The summed E-state index contributed by atoms with van der Waals surface area (Å²) in [4.78, 5) is 13.1. The molecular weight excluding hydrogens is 520 g/mol. The van der Waals surface area contributed by atoms with Crippen molar-refractivity contribution in [1.29, 1.82) is 0 Å². The molecule has 0 amide bonds. The lowest BCUT2D eigenvalue weighted by Crippen LogP contribution is -2.36. The minimum absolute atomic E-state index is 0.137. The van der Waals surface area contributed by atoms with Crippen molar-refractivity contribution in [2.45, 2.75) is 95.9 Å². The minimum atomic E-state index is -0.400. The van der Waals surface area contributed by atoms with Gasteiger partial charge in [0.05, 0.1) is 38.6 Å². The monoisotopic (exact) mass is 568 g/mol. The van der Waals surface area contributed by atoms with E-state index >= 15 is 0 Å². The summed E-state index contributed by atoms with van der Waals surface area (Å²) in [6.45, 7) is 4.18. The van der Waals surface area contributed by atoms with Gasteiger partial charge >= 0.3 is 5.97 Å². The molecule has 41 heavy (non-hydrogen) atoms. The third kappa shape index (κ3) is 13.3. The summed E-state index contributed by atoms with van der Waals surface area (Å²) in [5.41, 5.74) is 2.17. The number of ether oxygens (including phenoxy) is 6. The first-order valence-electron chi connectivity index (χ1n) is 15.0. The number of cyclic esters (lactones) is 1. The lowest BCUT2D eigenvalue weighted by atomic mass is 10.00. The van der Waals surface area contributed by atoms with Crippen LogP contribution in [0.25, 0.3) is 0 Å². The molecule has 3 rings (SSSR count). The first kappa shape index (κ1) is 33.0. The second-order valence-corrected chi connectivity index (χ2v) is 10.4. The van der Waals surface area contributed by atoms with Crippen LogP contribution in [-0.4, -0.2) is 57.5 Å². The zero-order chi connectivity index (χ0) is 29.0. The van der Waals surface area contributed by atoms with Crippen LogP contribution < -0.4 is 0 Å². The second kappa shape index (κ2) is 20.3. The molecule has 0 unspecified atom stereocenters. The Bertz CT molecular complexity index is 966. The van der Waals surface area contributed by atoms with Gasteiger partial charge in [-0.2, -0.15) is 0 Å². The van der Waals surface area contributed by atoms with Crippen LogP contribution in [0.2, 0.25) is 0 Å². The molecule has 7 nitrogen and oxygen atoms in total. The van der Waals surface area contributed by atoms with Crippen molar-refractivity contribution >= 4 is 5.97 Å². The maximum absolute atomic E-state index is 13.1. The third-order valence-electron chi connectivity index (χ3n) is 7.12. The molecule has 1 aliphatic heterocycles. The van der Waals surface area contributed by atoms with Crippen LogP contribution in [-0.2, 0) is 46.4 Å². The molecule has 0 radical (unpaired) electrons. The quantitative estimate of drug-likeness (QED) is 0.0849. The Hall–Kier alpha value is -2.55. The van der Waals surface area contributed by atoms with E-state index in [1.165, 1.54) is 6.42 Å². The molecule has 1 heterocycles. The van der Waals surface area contributed by atoms with Crippen molar-refractivity contribution < 1.29 is 33.2 Å². The van der Waals surface area contributed by atoms with Crippen molar-refractivity contribution in [1.82, 2.24) is 0 Å². The van der Waals surface area contributed by atoms with Crippen LogP contribution in [0.3, 0.4) is 0 Å². The van der Waals surface area contributed by atoms with Gasteiger partial charge in [-0.15, -0.1) is 0 Å². The highest BCUT2D eigenvalue weighted by atomic mass is 16.7. The zero-order valence-corrected chi connectivity index (χ0v) is 24.8. The summed E-state index contributed by atoms with van der Waals surface area (Å²) in [5.74, 6) is -0.247. The average molecular weight is 569 g/mol. The largest absolute Gasteiger partial charge is 0.459 e. The number of unbranched alkanes of at least 4 members (excludes halogenated alkanes) is 3. The molecular formula is C34H48O7. The van der Waals surface area contributed by atoms with Crippen LogP contribution in [0, 0.1) is 0 Å². The van der Waals surface area contributed by atoms with Crippen LogP contribution in [0.4, 0.5) is 0 Å². The Balaban J connectivity index is 1.71. The standard InChI is InChI=1S/C34H48O7/c1-3-4-5-12-18-31(40-27-37-24-23-36-2)33-20-13-19-30(38-25-28-14-8-6-9-15-28)32(21-22-34(35)41-33)39-26-29-16-10-7-11-17-29/h6-11,13-17,19,30-33H,3-5,12,18,20-27H2,1-2H3/b19-13+/t30-,31+,32-,33+/m1/s1. The first-order valence-corrected chi connectivity index (χ1v) is 15.0. The Kier molecular flexibility index (Phi) is 16.4. The maximum atomic E-state index is 13.1. The topological polar surface area (TPSA) is 72.5 Å². The number of methoxy groups -OCH3 is 1. The van der Waals surface area contributed by atoms with Crippen LogP contribution in [0.15, 0.2) is 72.8 Å². The summed E-state index contributed by atoms with van der Waals surface area (Å²) in [6.07, 6.45) is 9.36. The Morgan fingerprint density at radius 2 is 1.61 bits per heavy atom. The van der Waals surface area contributed by atoms with E-state index in [0.29, 0.717) is 39.3 Å². The van der Waals surface area contributed by atoms with Gasteiger partial charge in [-0.25, -0.2) is 0 Å². The summed E-state index contributed by atoms with van der Waals surface area (Å²) >= 11 is 0. The van der Waals surface area contributed by atoms with E-state index in [-0.39, 0.29) is 37.5 Å². The molecule has 0 spiro atoms. The van der Waals surface area contributed by atoms with Crippen molar-refractivity contribution in [2.24, 2.45) is 0 Å². The van der Waals surface area contributed by atoms with E-state index in [0.717, 1.165) is 36.8 Å². The van der Waals surface area contributed by atoms with E-state index in [2.05, 4.69) is 13.0 Å². The molecule has 0 saturated heterocycles. The van der Waals surface area contributed by atoms with Gasteiger partial charge in [0.1, 0.15) is 19.0 Å². The van der Waals surface area contributed by atoms with Gasteiger partial charge in [-0.3, -0.25) is 4.79 Å². The first-order chi connectivity index (χ1) is 20.2. The van der Waals surface area contributed by atoms with E-state index < -0.39 is 6.10 Å². The fourth-order valence-corrected chi connectivity index (χ4v) is 4.77. The Morgan fingerprint density at radius 3 is 2.29 bits per heavy atom. The summed E-state index contributed by atoms with van der Waals surface area (Å²) in [5, 5.41) is 0. The molecule has 0 aromatic heterocycles. The smallest absolute Gasteiger partial charge is 0.306 e. The van der Waals surface area contributed by atoms with E-state index in [4.69, 9.17) is 28.4 Å². The number of carbonyl (C=O) groups is 1. The highest BCUT2D eigenvalue weighted by Crippen LogP contribution is 2.23. The number of benzene rings is 2. The van der Waals surface area contributed by atoms with Crippen molar-refractivity contribution in [3.8, 4) is 0 Å². The SMILES string of the molecule is CCCCCC[C@H](OCOCCOC)[C@@H]1C/C=C/[C@@H](OCc2ccccc2)[C@H](OCc2ccccc2)CCC(=O)O1. The van der Waals surface area contributed by atoms with Gasteiger partial charge in [0.15, 0.2) is 0 Å². The van der Waals surface area contributed by atoms with E-state index in [9.17, 15) is 4.79 Å². The van der Waals surface area contributed by atoms with Gasteiger partial charge in [0.25, 0.3) is 0 Å². The Morgan fingerprint density at radius 1 is 0.902 bits per heavy atom. The molecule has 1 aliphatic rings. The lowest BCUT2D eigenvalue weighted by Gasteiger charge is -2.30. The molecule has 2 aromatic carbocycles. The van der Waals surface area contributed by atoms with Crippen molar-refractivity contribution in [3.05, 3.63) is 83.9 Å². The fourth-order valence-electron chi connectivity index (χ4n) is 4.77. The van der Waals surface area contributed by atoms with E-state index in [1.807, 2.05) is 66.7 Å². The summed E-state index contributed by atoms with van der Waals surface area (Å²) in [7, 11) is 1.64. The molecule has 0 saturated carbocycles. The third-order valence-corrected chi connectivity index (χ3v) is 7.12. The highest BCUT2D eigenvalue weighted by Gasteiger charge is 2.29. The molecule has 0 N–H and O–H groups in total. The Labute approximate surface area is 246 Å². The maximum Gasteiger partial charge on any atom is 0.306 e.